The average Bonchev–Trinajstić information content (AvgIpc) is 2.87. The first-order chi connectivity index (χ1) is 6.83. The summed E-state index contributed by atoms with van der Waals surface area (Å²) < 4.78 is 7.34. The Morgan fingerprint density at radius 3 is 3.21 bits per heavy atom. The Bertz CT molecular complexity index is 294. The van der Waals surface area contributed by atoms with E-state index < -0.39 is 0 Å². The van der Waals surface area contributed by atoms with Crippen molar-refractivity contribution >= 4 is 0 Å². The largest absolute Gasteiger partial charge is 0.376 e. The van der Waals surface area contributed by atoms with Crippen LogP contribution in [0.2, 0.25) is 0 Å². The van der Waals surface area contributed by atoms with Gasteiger partial charge in [0.2, 0.25) is 0 Å². The van der Waals surface area contributed by atoms with Crippen LogP contribution in [0.15, 0.2) is 0 Å². The van der Waals surface area contributed by atoms with Crippen molar-refractivity contribution in [3.8, 4) is 0 Å². The van der Waals surface area contributed by atoms with Gasteiger partial charge in [-0.3, -0.25) is 0 Å². The molecule has 0 radical (unpaired) electrons. The maximum atomic E-state index is 5.58. The third-order valence-electron chi connectivity index (χ3n) is 2.63. The first kappa shape index (κ1) is 9.54. The van der Waals surface area contributed by atoms with Crippen LogP contribution in [-0.2, 0) is 11.3 Å². The molecule has 1 saturated heterocycles. The smallest absolute Gasteiger partial charge is 0.165 e. The number of aromatic nitrogens is 4. The molecule has 1 aliphatic heterocycles. The molecule has 0 aliphatic carbocycles. The minimum Gasteiger partial charge on any atom is -0.376 e. The van der Waals surface area contributed by atoms with Gasteiger partial charge in [-0.2, -0.15) is 0 Å². The van der Waals surface area contributed by atoms with E-state index in [4.69, 9.17) is 10.5 Å². The summed E-state index contributed by atoms with van der Waals surface area (Å²) in [5.74, 6) is 0.716. The highest BCUT2D eigenvalue weighted by atomic mass is 16.5. The molecular weight excluding hydrogens is 182 g/mol. The molecule has 1 aromatic heterocycles. The van der Waals surface area contributed by atoms with Crippen LogP contribution in [0, 0.1) is 0 Å². The van der Waals surface area contributed by atoms with Gasteiger partial charge in [-0.15, -0.1) is 5.10 Å². The van der Waals surface area contributed by atoms with Crippen LogP contribution < -0.4 is 5.73 Å². The predicted molar refractivity (Wildman–Crippen MR) is 49.4 cm³/mol. The van der Waals surface area contributed by atoms with E-state index in [0.717, 1.165) is 19.4 Å². The summed E-state index contributed by atoms with van der Waals surface area (Å²) in [6.45, 7) is 3.27. The maximum Gasteiger partial charge on any atom is 0.165 e. The van der Waals surface area contributed by atoms with Gasteiger partial charge >= 0.3 is 0 Å². The monoisotopic (exact) mass is 197 g/mol. The zero-order valence-electron chi connectivity index (χ0n) is 8.26. The molecule has 2 heterocycles. The molecule has 2 rings (SSSR count). The van der Waals surface area contributed by atoms with Gasteiger partial charge in [0.05, 0.1) is 18.7 Å². The molecule has 2 unspecified atom stereocenters. The quantitative estimate of drug-likeness (QED) is 0.730. The van der Waals surface area contributed by atoms with Crippen molar-refractivity contribution < 1.29 is 4.74 Å². The summed E-state index contributed by atoms with van der Waals surface area (Å²) in [4.78, 5) is 0. The topological polar surface area (TPSA) is 78.8 Å². The molecule has 2 atom stereocenters. The number of nitrogens with zero attached hydrogens (tertiary/aromatic N) is 4. The number of tetrazole rings is 1. The summed E-state index contributed by atoms with van der Waals surface area (Å²) in [7, 11) is 0. The first-order valence-electron chi connectivity index (χ1n) is 4.91. The van der Waals surface area contributed by atoms with Gasteiger partial charge in [0.15, 0.2) is 5.82 Å². The molecule has 1 aliphatic rings. The van der Waals surface area contributed by atoms with Crippen molar-refractivity contribution in [2.75, 3.05) is 6.61 Å². The second-order valence-corrected chi connectivity index (χ2v) is 3.54. The van der Waals surface area contributed by atoms with Gasteiger partial charge in [-0.1, -0.05) is 0 Å². The lowest BCUT2D eigenvalue weighted by molar-refractivity contribution is 0.0674. The van der Waals surface area contributed by atoms with E-state index in [9.17, 15) is 0 Å². The molecule has 1 fully saturated rings. The van der Waals surface area contributed by atoms with E-state index in [-0.39, 0.29) is 12.1 Å². The van der Waals surface area contributed by atoms with Gasteiger partial charge < -0.3 is 10.5 Å². The Kier molecular flexibility index (Phi) is 2.74. The Morgan fingerprint density at radius 2 is 2.57 bits per heavy atom. The fourth-order valence-corrected chi connectivity index (χ4v) is 1.80. The van der Waals surface area contributed by atoms with Crippen molar-refractivity contribution in [1.82, 2.24) is 20.2 Å². The second kappa shape index (κ2) is 4.02. The number of ether oxygens (including phenoxy) is 1. The third kappa shape index (κ3) is 1.62. The summed E-state index contributed by atoms with van der Waals surface area (Å²) in [6, 6.07) is 0.172. The number of nitrogens with two attached hydrogens (primary N) is 1. The van der Waals surface area contributed by atoms with Crippen LogP contribution in [0.3, 0.4) is 0 Å². The first-order valence-corrected chi connectivity index (χ1v) is 4.91. The zero-order valence-corrected chi connectivity index (χ0v) is 8.26. The van der Waals surface area contributed by atoms with E-state index >= 15 is 0 Å². The predicted octanol–water partition coefficient (Wildman–Crippen LogP) is -0.128. The highest BCUT2D eigenvalue weighted by Gasteiger charge is 2.26. The number of hydrogen-bond acceptors (Lipinski definition) is 5. The SMILES string of the molecule is CC(C1CCCO1)n1nnnc1CN. The number of rotatable bonds is 3. The minimum absolute atomic E-state index is 0.172. The van der Waals surface area contributed by atoms with Crippen LogP contribution in [0.25, 0.3) is 0 Å². The van der Waals surface area contributed by atoms with Gasteiger partial charge in [0.1, 0.15) is 0 Å². The summed E-state index contributed by atoms with van der Waals surface area (Å²) in [5, 5.41) is 11.4. The molecule has 78 valence electrons. The molecule has 1 aromatic rings. The second-order valence-electron chi connectivity index (χ2n) is 3.54. The average molecular weight is 197 g/mol. The van der Waals surface area contributed by atoms with Crippen LogP contribution in [0.1, 0.15) is 31.6 Å². The molecule has 6 nitrogen and oxygen atoms in total. The van der Waals surface area contributed by atoms with Crippen LogP contribution in [0.4, 0.5) is 0 Å². The summed E-state index contributed by atoms with van der Waals surface area (Å²) in [5.41, 5.74) is 5.53. The lowest BCUT2D eigenvalue weighted by atomic mass is 10.1. The van der Waals surface area contributed by atoms with Gasteiger partial charge in [-0.25, -0.2) is 4.68 Å². The van der Waals surface area contributed by atoms with Crippen LogP contribution >= 0.6 is 0 Å². The Hall–Kier alpha value is -1.01. The maximum absolute atomic E-state index is 5.58. The fraction of sp³-hybridized carbons (Fsp3) is 0.875. The molecule has 2 N–H and O–H groups in total. The fourth-order valence-electron chi connectivity index (χ4n) is 1.80. The van der Waals surface area contributed by atoms with Crippen molar-refractivity contribution in [3.05, 3.63) is 5.82 Å². The Balaban J connectivity index is 2.12. The lowest BCUT2D eigenvalue weighted by Crippen LogP contribution is -2.24. The van der Waals surface area contributed by atoms with Gasteiger partial charge in [-0.05, 0) is 30.2 Å². The van der Waals surface area contributed by atoms with Crippen molar-refractivity contribution in [1.29, 1.82) is 0 Å². The Labute approximate surface area is 82.4 Å². The van der Waals surface area contributed by atoms with Crippen LogP contribution in [0.5, 0.6) is 0 Å². The highest BCUT2D eigenvalue weighted by molar-refractivity contribution is 4.85. The number of hydrogen-bond donors (Lipinski definition) is 1. The van der Waals surface area contributed by atoms with E-state index in [1.165, 1.54) is 0 Å². The molecule has 0 saturated carbocycles. The van der Waals surface area contributed by atoms with Crippen LogP contribution in [-0.4, -0.2) is 32.9 Å². The van der Waals surface area contributed by atoms with Gasteiger partial charge in [0, 0.05) is 6.61 Å². The zero-order chi connectivity index (χ0) is 9.97. The van der Waals surface area contributed by atoms with E-state index in [0.29, 0.717) is 12.4 Å². The standard InChI is InChI=1S/C8H15N5O/c1-6(7-3-2-4-14-7)13-8(5-9)10-11-12-13/h6-7H,2-5,9H2,1H3. The van der Waals surface area contributed by atoms with E-state index in [1.807, 2.05) is 0 Å². The summed E-state index contributed by atoms with van der Waals surface area (Å²) >= 11 is 0. The molecule has 0 spiro atoms. The van der Waals surface area contributed by atoms with Gasteiger partial charge in [0.25, 0.3) is 0 Å². The molecule has 0 bridgehead atoms. The molecule has 0 amide bonds. The van der Waals surface area contributed by atoms with E-state index in [2.05, 4.69) is 22.4 Å². The third-order valence-corrected chi connectivity index (χ3v) is 2.63. The normalized spacial score (nSPS) is 24.0. The lowest BCUT2D eigenvalue weighted by Gasteiger charge is -2.18. The minimum atomic E-state index is 0.172. The Morgan fingerprint density at radius 1 is 1.71 bits per heavy atom. The highest BCUT2D eigenvalue weighted by Crippen LogP contribution is 2.23. The van der Waals surface area contributed by atoms with Crippen molar-refractivity contribution in [2.45, 2.75) is 38.5 Å². The molecule has 0 aromatic carbocycles. The molecular formula is C8H15N5O. The van der Waals surface area contributed by atoms with Crippen molar-refractivity contribution in [2.24, 2.45) is 5.73 Å². The molecule has 14 heavy (non-hydrogen) atoms. The summed E-state index contributed by atoms with van der Waals surface area (Å²) in [6.07, 6.45) is 2.42. The van der Waals surface area contributed by atoms with Crippen molar-refractivity contribution in [3.63, 3.8) is 0 Å². The van der Waals surface area contributed by atoms with E-state index in [1.54, 1.807) is 4.68 Å². The molecule has 6 heteroatoms.